The molecule has 0 aliphatic heterocycles. The Hall–Kier alpha value is -4.98. The Kier molecular flexibility index (Phi) is 9.14. The number of anilines is 2. The predicted molar refractivity (Wildman–Crippen MR) is 159 cm³/mol. The summed E-state index contributed by atoms with van der Waals surface area (Å²) in [6.45, 7) is 5.43. The van der Waals surface area contributed by atoms with Gasteiger partial charge in [-0.15, -0.1) is 0 Å². The molecule has 4 rings (SSSR count). The Bertz CT molecular complexity index is 1510. The topological polar surface area (TPSA) is 118 Å². The van der Waals surface area contributed by atoms with E-state index in [0.29, 0.717) is 28.3 Å². The molecule has 0 saturated heterocycles. The van der Waals surface area contributed by atoms with Crippen molar-refractivity contribution in [3.63, 3.8) is 0 Å². The van der Waals surface area contributed by atoms with Crippen LogP contribution in [0.25, 0.3) is 11.3 Å². The minimum absolute atomic E-state index is 0.0105. The molecule has 1 aromatic heterocycles. The lowest BCUT2D eigenvalue weighted by atomic mass is 9.98. The van der Waals surface area contributed by atoms with Gasteiger partial charge < -0.3 is 20.5 Å². The van der Waals surface area contributed by atoms with Crippen LogP contribution in [0.4, 0.5) is 11.5 Å². The van der Waals surface area contributed by atoms with Crippen LogP contribution in [-0.2, 0) is 14.3 Å². The van der Waals surface area contributed by atoms with Gasteiger partial charge in [0.05, 0.1) is 18.2 Å². The Labute approximate surface area is 239 Å². The van der Waals surface area contributed by atoms with Crippen molar-refractivity contribution in [3.05, 3.63) is 114 Å². The van der Waals surface area contributed by atoms with Crippen LogP contribution in [0.15, 0.2) is 97.1 Å². The van der Waals surface area contributed by atoms with Gasteiger partial charge in [-0.2, -0.15) is 0 Å². The van der Waals surface area contributed by atoms with E-state index in [4.69, 9.17) is 4.74 Å². The Morgan fingerprint density at radius 1 is 0.854 bits per heavy atom. The number of nitrogens with one attached hydrogen (secondary N) is 2. The summed E-state index contributed by atoms with van der Waals surface area (Å²) in [7, 11) is 0. The SMILES string of the molecule is CC(C)(C)OC(=O)CNc1cccc(-c2ccc([C@H](CC(=O)O)Nc3ccccc3C(=O)c3ccccc3)cc2)n1. The van der Waals surface area contributed by atoms with Crippen molar-refractivity contribution >= 4 is 29.2 Å². The van der Waals surface area contributed by atoms with Crippen molar-refractivity contribution in [3.8, 4) is 11.3 Å². The number of ketones is 1. The number of carbonyl (C=O) groups excluding carboxylic acids is 2. The normalized spacial score (nSPS) is 11.8. The molecule has 41 heavy (non-hydrogen) atoms. The molecule has 0 fully saturated rings. The summed E-state index contributed by atoms with van der Waals surface area (Å²) in [6, 6.07) is 28.4. The molecule has 0 aliphatic rings. The standard InChI is InChI=1S/C33H33N3O5/c1-33(2,3)41-31(39)21-34-29-15-9-14-26(36-29)22-16-18-23(19-17-22)28(20-30(37)38)35-27-13-8-7-12-25(27)32(40)24-10-5-4-6-11-24/h4-19,28,35H,20-21H2,1-3H3,(H,34,36)(H,37,38)/t28-/m0/s1. The van der Waals surface area contributed by atoms with Crippen molar-refractivity contribution in [1.82, 2.24) is 4.98 Å². The second kappa shape index (κ2) is 12.9. The van der Waals surface area contributed by atoms with E-state index in [2.05, 4.69) is 15.6 Å². The maximum atomic E-state index is 13.2. The van der Waals surface area contributed by atoms with E-state index in [9.17, 15) is 19.5 Å². The van der Waals surface area contributed by atoms with Crippen LogP contribution in [0.2, 0.25) is 0 Å². The van der Waals surface area contributed by atoms with Gasteiger partial charge in [-0.25, -0.2) is 4.98 Å². The molecule has 1 atom stereocenters. The number of aliphatic carboxylic acids is 1. The summed E-state index contributed by atoms with van der Waals surface area (Å²) in [5.41, 5.74) is 3.26. The molecule has 8 nitrogen and oxygen atoms in total. The van der Waals surface area contributed by atoms with Gasteiger partial charge in [0, 0.05) is 22.4 Å². The fourth-order valence-corrected chi connectivity index (χ4v) is 4.29. The van der Waals surface area contributed by atoms with Crippen molar-refractivity contribution in [2.45, 2.75) is 38.8 Å². The van der Waals surface area contributed by atoms with Crippen LogP contribution in [0, 0.1) is 0 Å². The largest absolute Gasteiger partial charge is 0.481 e. The highest BCUT2D eigenvalue weighted by Crippen LogP contribution is 2.29. The first-order chi connectivity index (χ1) is 19.6. The van der Waals surface area contributed by atoms with E-state index < -0.39 is 17.6 Å². The van der Waals surface area contributed by atoms with Gasteiger partial charge in [-0.1, -0.05) is 72.8 Å². The molecule has 1 heterocycles. The summed E-state index contributed by atoms with van der Waals surface area (Å²) < 4.78 is 5.33. The number of benzene rings is 3. The average molecular weight is 552 g/mol. The first-order valence-corrected chi connectivity index (χ1v) is 13.3. The second-order valence-corrected chi connectivity index (χ2v) is 10.5. The fraction of sp³-hybridized carbons (Fsp3) is 0.212. The number of hydrogen-bond donors (Lipinski definition) is 3. The van der Waals surface area contributed by atoms with Crippen LogP contribution < -0.4 is 10.6 Å². The van der Waals surface area contributed by atoms with E-state index in [1.165, 1.54) is 0 Å². The van der Waals surface area contributed by atoms with E-state index >= 15 is 0 Å². The monoisotopic (exact) mass is 551 g/mol. The minimum atomic E-state index is -0.969. The molecule has 0 unspecified atom stereocenters. The second-order valence-electron chi connectivity index (χ2n) is 10.5. The van der Waals surface area contributed by atoms with Crippen molar-refractivity contribution < 1.29 is 24.2 Å². The molecular weight excluding hydrogens is 518 g/mol. The zero-order valence-corrected chi connectivity index (χ0v) is 23.3. The molecule has 8 heteroatoms. The van der Waals surface area contributed by atoms with E-state index in [1.807, 2.05) is 63.2 Å². The predicted octanol–water partition coefficient (Wildman–Crippen LogP) is 6.36. The lowest BCUT2D eigenvalue weighted by Crippen LogP contribution is -2.28. The summed E-state index contributed by atoms with van der Waals surface area (Å²) in [5.74, 6) is -0.964. The average Bonchev–Trinajstić information content (AvgIpc) is 2.95. The number of carboxylic acid groups (broad SMARTS) is 1. The van der Waals surface area contributed by atoms with Crippen molar-refractivity contribution in [2.75, 3.05) is 17.2 Å². The number of ether oxygens (including phenoxy) is 1. The maximum Gasteiger partial charge on any atom is 0.325 e. The third-order valence-corrected chi connectivity index (χ3v) is 6.11. The van der Waals surface area contributed by atoms with Gasteiger partial charge >= 0.3 is 11.9 Å². The number of carboxylic acids is 1. The highest BCUT2D eigenvalue weighted by atomic mass is 16.6. The van der Waals surface area contributed by atoms with Gasteiger partial charge in [-0.3, -0.25) is 14.4 Å². The summed E-state index contributed by atoms with van der Waals surface area (Å²) in [5, 5.41) is 15.9. The Morgan fingerprint density at radius 3 is 2.22 bits per heavy atom. The molecule has 0 bridgehead atoms. The number of esters is 1. The third kappa shape index (κ3) is 8.25. The van der Waals surface area contributed by atoms with E-state index in [0.717, 1.165) is 11.1 Å². The van der Waals surface area contributed by atoms with Crippen LogP contribution in [0.1, 0.15) is 54.7 Å². The Balaban J connectivity index is 1.52. The van der Waals surface area contributed by atoms with Gasteiger partial charge in [0.15, 0.2) is 5.78 Å². The molecule has 3 N–H and O–H groups in total. The first-order valence-electron chi connectivity index (χ1n) is 13.3. The quantitative estimate of drug-likeness (QED) is 0.146. The van der Waals surface area contributed by atoms with E-state index in [-0.39, 0.29) is 24.7 Å². The zero-order chi connectivity index (χ0) is 29.4. The number of rotatable bonds is 11. The van der Waals surface area contributed by atoms with Gasteiger partial charge in [0.25, 0.3) is 0 Å². The third-order valence-electron chi connectivity index (χ3n) is 6.11. The van der Waals surface area contributed by atoms with Crippen LogP contribution >= 0.6 is 0 Å². The first kappa shape index (κ1) is 29.0. The highest BCUT2D eigenvalue weighted by Gasteiger charge is 2.20. The number of hydrogen-bond acceptors (Lipinski definition) is 7. The molecule has 4 aromatic rings. The van der Waals surface area contributed by atoms with Crippen molar-refractivity contribution in [1.29, 1.82) is 0 Å². The number of carbonyl (C=O) groups is 3. The molecule has 0 saturated carbocycles. The molecular formula is C33H33N3O5. The van der Waals surface area contributed by atoms with E-state index in [1.54, 1.807) is 54.6 Å². The maximum absolute atomic E-state index is 13.2. The number of para-hydroxylation sites is 1. The number of aromatic nitrogens is 1. The number of pyridine rings is 1. The minimum Gasteiger partial charge on any atom is -0.481 e. The molecule has 0 aliphatic carbocycles. The van der Waals surface area contributed by atoms with Crippen molar-refractivity contribution in [2.24, 2.45) is 0 Å². The number of nitrogens with zero attached hydrogens (tertiary/aromatic N) is 1. The van der Waals surface area contributed by atoms with Crippen LogP contribution in [0.3, 0.4) is 0 Å². The Morgan fingerprint density at radius 2 is 1.54 bits per heavy atom. The highest BCUT2D eigenvalue weighted by molar-refractivity contribution is 6.12. The zero-order valence-electron chi connectivity index (χ0n) is 23.3. The fourth-order valence-electron chi connectivity index (χ4n) is 4.29. The molecule has 0 spiro atoms. The molecule has 0 amide bonds. The lowest BCUT2D eigenvalue weighted by Gasteiger charge is -2.21. The lowest BCUT2D eigenvalue weighted by molar-refractivity contribution is -0.152. The van der Waals surface area contributed by atoms with Gasteiger partial charge in [-0.05, 0) is 50.6 Å². The van der Waals surface area contributed by atoms with Crippen LogP contribution in [0.5, 0.6) is 0 Å². The smallest absolute Gasteiger partial charge is 0.325 e. The van der Waals surface area contributed by atoms with Crippen LogP contribution in [-0.4, -0.2) is 40.0 Å². The summed E-state index contributed by atoms with van der Waals surface area (Å²) in [4.78, 5) is 41.6. The summed E-state index contributed by atoms with van der Waals surface area (Å²) in [6.07, 6.45) is -0.185. The van der Waals surface area contributed by atoms with Gasteiger partial charge in [0.2, 0.25) is 0 Å². The van der Waals surface area contributed by atoms with Gasteiger partial charge in [0.1, 0.15) is 18.0 Å². The molecule has 0 radical (unpaired) electrons. The summed E-state index contributed by atoms with van der Waals surface area (Å²) >= 11 is 0. The molecule has 3 aromatic carbocycles. The molecule has 210 valence electrons.